The summed E-state index contributed by atoms with van der Waals surface area (Å²) in [5.74, 6) is -0.898. The summed E-state index contributed by atoms with van der Waals surface area (Å²) in [6, 6.07) is 0. The van der Waals surface area contributed by atoms with Crippen LogP contribution >= 0.6 is 0 Å². The maximum atomic E-state index is 12.9. The van der Waals surface area contributed by atoms with Crippen molar-refractivity contribution in [3.05, 3.63) is 60.8 Å². The lowest BCUT2D eigenvalue weighted by Crippen LogP contribution is -2.30. The molecule has 0 fully saturated rings. The smallest absolute Gasteiger partial charge is 0.306 e. The van der Waals surface area contributed by atoms with E-state index in [9.17, 15) is 14.4 Å². The fourth-order valence-electron chi connectivity index (χ4n) is 8.94. The zero-order valence-electron chi connectivity index (χ0n) is 47.2. The summed E-state index contributed by atoms with van der Waals surface area (Å²) < 4.78 is 16.9. The van der Waals surface area contributed by atoms with E-state index in [0.29, 0.717) is 19.3 Å². The molecule has 6 heteroatoms. The average molecular weight is 994 g/mol. The number of unbranched alkanes of at least 4 members (excludes halogenated alkanes) is 35. The van der Waals surface area contributed by atoms with E-state index >= 15 is 0 Å². The third-order valence-electron chi connectivity index (χ3n) is 13.5. The van der Waals surface area contributed by atoms with E-state index in [1.165, 1.54) is 180 Å². The van der Waals surface area contributed by atoms with Gasteiger partial charge in [-0.2, -0.15) is 0 Å². The van der Waals surface area contributed by atoms with Crippen LogP contribution in [0, 0.1) is 0 Å². The minimum absolute atomic E-state index is 0.0834. The SMILES string of the molecule is CC/C=C\C/C=C\C/C=C\C/C=C\C/C=C\CCCCCC(=O)O[C@@H](COC(=O)CCCCCCCCCCCCCCC)COC(=O)CCCCCCCCCCCCCCCCCCCCCCC. The predicted molar refractivity (Wildman–Crippen MR) is 307 cm³/mol. The number of ether oxygens (including phenoxy) is 3. The molecule has 0 heterocycles. The predicted octanol–water partition coefficient (Wildman–Crippen LogP) is 20.8. The molecule has 0 radical (unpaired) electrons. The molecular formula is C65H116O6. The summed E-state index contributed by atoms with van der Waals surface area (Å²) in [5, 5.41) is 0. The molecule has 0 amide bonds. The summed E-state index contributed by atoms with van der Waals surface area (Å²) >= 11 is 0. The first-order valence-corrected chi connectivity index (χ1v) is 30.8. The van der Waals surface area contributed by atoms with E-state index in [2.05, 4.69) is 81.5 Å². The van der Waals surface area contributed by atoms with Gasteiger partial charge in [-0.1, -0.05) is 293 Å². The molecule has 412 valence electrons. The summed E-state index contributed by atoms with van der Waals surface area (Å²) in [6.07, 6.45) is 75.1. The molecule has 0 aliphatic heterocycles. The van der Waals surface area contributed by atoms with Gasteiger partial charge in [0, 0.05) is 19.3 Å². The van der Waals surface area contributed by atoms with Gasteiger partial charge in [-0.15, -0.1) is 0 Å². The highest BCUT2D eigenvalue weighted by atomic mass is 16.6. The maximum absolute atomic E-state index is 12.9. The molecule has 0 aliphatic carbocycles. The van der Waals surface area contributed by atoms with Crippen LogP contribution in [0.5, 0.6) is 0 Å². The lowest BCUT2D eigenvalue weighted by Gasteiger charge is -2.18. The van der Waals surface area contributed by atoms with E-state index in [0.717, 1.165) is 96.3 Å². The van der Waals surface area contributed by atoms with Crippen molar-refractivity contribution in [2.75, 3.05) is 13.2 Å². The molecule has 0 N–H and O–H groups in total. The molecule has 1 atom stereocenters. The Morgan fingerprint density at radius 3 is 0.859 bits per heavy atom. The quantitative estimate of drug-likeness (QED) is 0.0261. The Morgan fingerprint density at radius 2 is 0.549 bits per heavy atom. The molecule has 0 aromatic heterocycles. The van der Waals surface area contributed by atoms with Crippen LogP contribution in [-0.2, 0) is 28.6 Å². The van der Waals surface area contributed by atoms with Crippen LogP contribution in [0.15, 0.2) is 60.8 Å². The van der Waals surface area contributed by atoms with Gasteiger partial charge < -0.3 is 14.2 Å². The molecule has 0 saturated carbocycles. The minimum atomic E-state index is -0.789. The van der Waals surface area contributed by atoms with Gasteiger partial charge in [0.15, 0.2) is 6.10 Å². The van der Waals surface area contributed by atoms with E-state index < -0.39 is 6.10 Å². The Kier molecular flexibility index (Phi) is 57.2. The van der Waals surface area contributed by atoms with Gasteiger partial charge in [0.1, 0.15) is 13.2 Å². The van der Waals surface area contributed by atoms with Crippen LogP contribution in [0.25, 0.3) is 0 Å². The number of esters is 3. The number of rotatable bonds is 56. The molecule has 0 aliphatic rings. The van der Waals surface area contributed by atoms with Gasteiger partial charge in [-0.05, 0) is 64.2 Å². The maximum Gasteiger partial charge on any atom is 0.306 e. The Hall–Kier alpha value is -2.89. The first kappa shape index (κ1) is 68.1. The highest BCUT2D eigenvalue weighted by Crippen LogP contribution is 2.17. The van der Waals surface area contributed by atoms with Crippen LogP contribution in [0.2, 0.25) is 0 Å². The number of carbonyl (C=O) groups is 3. The first-order chi connectivity index (χ1) is 35.0. The third-order valence-corrected chi connectivity index (χ3v) is 13.5. The Labute approximate surface area is 440 Å². The number of hydrogen-bond acceptors (Lipinski definition) is 6. The number of carbonyl (C=O) groups excluding carboxylic acids is 3. The standard InChI is InChI=1S/C65H116O6/c1-4-7-10-13-16-19-22-25-27-29-31-32-34-35-37-40-43-46-49-52-55-58-64(67)70-61-62(60-69-63(66)57-54-51-48-45-42-39-24-21-18-15-12-9-6-3)71-65(68)59-56-53-50-47-44-41-38-36-33-30-28-26-23-20-17-14-11-8-5-2/h8,11,17,20,26,28,33,36,41,44,62H,4-7,9-10,12-16,18-19,21-25,27,29-32,34-35,37-40,42-43,45-61H2,1-3H3/b11-8-,20-17-,28-26-,36-33-,44-41-/t62-/m0/s1. The molecule has 0 aromatic rings. The summed E-state index contributed by atoms with van der Waals surface area (Å²) in [4.78, 5) is 38.2. The van der Waals surface area contributed by atoms with Crippen molar-refractivity contribution >= 4 is 17.9 Å². The van der Waals surface area contributed by atoms with Crippen LogP contribution in [0.3, 0.4) is 0 Å². The molecular weight excluding hydrogens is 877 g/mol. The monoisotopic (exact) mass is 993 g/mol. The molecule has 71 heavy (non-hydrogen) atoms. The second-order valence-electron chi connectivity index (χ2n) is 20.6. The second-order valence-corrected chi connectivity index (χ2v) is 20.6. The third kappa shape index (κ3) is 57.9. The van der Waals surface area contributed by atoms with Crippen molar-refractivity contribution in [3.8, 4) is 0 Å². The van der Waals surface area contributed by atoms with Gasteiger partial charge in [-0.3, -0.25) is 14.4 Å². The van der Waals surface area contributed by atoms with Crippen molar-refractivity contribution in [2.45, 2.75) is 322 Å². The summed E-state index contributed by atoms with van der Waals surface area (Å²) in [7, 11) is 0. The molecule has 0 spiro atoms. The Balaban J connectivity index is 4.36. The molecule has 0 unspecified atom stereocenters. The summed E-state index contributed by atoms with van der Waals surface area (Å²) in [5.41, 5.74) is 0. The average Bonchev–Trinajstić information content (AvgIpc) is 3.37. The topological polar surface area (TPSA) is 78.9 Å². The largest absolute Gasteiger partial charge is 0.462 e. The number of hydrogen-bond donors (Lipinski definition) is 0. The van der Waals surface area contributed by atoms with Crippen LogP contribution in [0.4, 0.5) is 0 Å². The van der Waals surface area contributed by atoms with Crippen molar-refractivity contribution in [2.24, 2.45) is 0 Å². The fraction of sp³-hybridized carbons (Fsp3) is 0.800. The minimum Gasteiger partial charge on any atom is -0.462 e. The highest BCUT2D eigenvalue weighted by molar-refractivity contribution is 5.71. The van der Waals surface area contributed by atoms with Gasteiger partial charge in [0.05, 0.1) is 0 Å². The van der Waals surface area contributed by atoms with Gasteiger partial charge in [-0.25, -0.2) is 0 Å². The highest BCUT2D eigenvalue weighted by Gasteiger charge is 2.19. The second kappa shape index (κ2) is 59.7. The first-order valence-electron chi connectivity index (χ1n) is 30.8. The number of allylic oxidation sites excluding steroid dienone is 10. The van der Waals surface area contributed by atoms with E-state index in [4.69, 9.17) is 14.2 Å². The zero-order valence-corrected chi connectivity index (χ0v) is 47.2. The zero-order chi connectivity index (χ0) is 51.4. The van der Waals surface area contributed by atoms with Crippen molar-refractivity contribution < 1.29 is 28.6 Å². The summed E-state index contributed by atoms with van der Waals surface area (Å²) in [6.45, 7) is 6.54. The lowest BCUT2D eigenvalue weighted by atomic mass is 10.0. The fourth-order valence-corrected chi connectivity index (χ4v) is 8.94. The van der Waals surface area contributed by atoms with Gasteiger partial charge in [0.25, 0.3) is 0 Å². The molecule has 0 saturated heterocycles. The van der Waals surface area contributed by atoms with Gasteiger partial charge in [0.2, 0.25) is 0 Å². The Bertz CT molecular complexity index is 1280. The molecule has 6 nitrogen and oxygen atoms in total. The van der Waals surface area contributed by atoms with E-state index in [1.807, 2.05) is 0 Å². The molecule has 0 bridgehead atoms. The molecule has 0 aromatic carbocycles. The van der Waals surface area contributed by atoms with Gasteiger partial charge >= 0.3 is 17.9 Å². The van der Waals surface area contributed by atoms with Crippen molar-refractivity contribution in [1.82, 2.24) is 0 Å². The van der Waals surface area contributed by atoms with Crippen molar-refractivity contribution in [3.63, 3.8) is 0 Å². The van der Waals surface area contributed by atoms with E-state index in [1.54, 1.807) is 0 Å². The van der Waals surface area contributed by atoms with Crippen molar-refractivity contribution in [1.29, 1.82) is 0 Å². The van der Waals surface area contributed by atoms with Crippen LogP contribution < -0.4 is 0 Å². The van der Waals surface area contributed by atoms with Crippen LogP contribution in [0.1, 0.15) is 316 Å². The van der Waals surface area contributed by atoms with E-state index in [-0.39, 0.29) is 31.1 Å². The lowest BCUT2D eigenvalue weighted by molar-refractivity contribution is -0.167. The normalized spacial score (nSPS) is 12.4. The molecule has 0 rings (SSSR count). The Morgan fingerprint density at radius 1 is 0.296 bits per heavy atom. The van der Waals surface area contributed by atoms with Crippen LogP contribution in [-0.4, -0.2) is 37.2 Å².